The Morgan fingerprint density at radius 3 is 2.52 bits per heavy atom. The maximum atomic E-state index is 12.7. The molecule has 7 heteroatoms. The molecule has 1 aromatic rings. The van der Waals surface area contributed by atoms with Crippen LogP contribution in [-0.4, -0.2) is 41.0 Å². The van der Waals surface area contributed by atoms with Gasteiger partial charge in [0.25, 0.3) is 0 Å². The fourth-order valence-electron chi connectivity index (χ4n) is 2.39. The number of hydrogen-bond donors (Lipinski definition) is 1. The van der Waals surface area contributed by atoms with Crippen LogP contribution in [-0.2, 0) is 20.6 Å². The largest absolute Gasteiger partial charge is 0.480 e. The zero-order chi connectivity index (χ0) is 15.6. The van der Waals surface area contributed by atoms with Crippen LogP contribution in [0.25, 0.3) is 0 Å². The summed E-state index contributed by atoms with van der Waals surface area (Å²) in [6.45, 7) is 3.82. The van der Waals surface area contributed by atoms with Crippen LogP contribution in [0, 0.1) is 5.92 Å². The van der Waals surface area contributed by atoms with Crippen molar-refractivity contribution in [3.05, 3.63) is 35.9 Å². The van der Waals surface area contributed by atoms with Crippen molar-refractivity contribution in [2.75, 3.05) is 5.75 Å². The first-order chi connectivity index (χ1) is 9.83. The molecule has 1 aliphatic heterocycles. The smallest absolute Gasteiger partial charge is 0.322 e. The summed E-state index contributed by atoms with van der Waals surface area (Å²) in [4.78, 5) is 11.4. The third kappa shape index (κ3) is 3.59. The van der Waals surface area contributed by atoms with Crippen molar-refractivity contribution in [3.63, 3.8) is 0 Å². The van der Waals surface area contributed by atoms with E-state index >= 15 is 0 Å². The van der Waals surface area contributed by atoms with E-state index in [0.29, 0.717) is 11.3 Å². The Morgan fingerprint density at radius 2 is 2.00 bits per heavy atom. The molecule has 2 rings (SSSR count). The molecule has 1 fully saturated rings. The lowest BCUT2D eigenvalue weighted by Crippen LogP contribution is -2.47. The molecular formula is C14H19NO4S2. The van der Waals surface area contributed by atoms with E-state index in [1.165, 1.54) is 16.1 Å². The minimum absolute atomic E-state index is 0.0601. The minimum atomic E-state index is -3.67. The Labute approximate surface area is 129 Å². The minimum Gasteiger partial charge on any atom is -0.480 e. The molecule has 0 aliphatic carbocycles. The van der Waals surface area contributed by atoms with Gasteiger partial charge in [0.2, 0.25) is 10.0 Å². The molecule has 21 heavy (non-hydrogen) atoms. The second-order valence-electron chi connectivity index (χ2n) is 5.39. The lowest BCUT2D eigenvalue weighted by Gasteiger charge is -2.28. The first-order valence-electron chi connectivity index (χ1n) is 6.72. The van der Waals surface area contributed by atoms with Crippen molar-refractivity contribution in [3.8, 4) is 0 Å². The van der Waals surface area contributed by atoms with Gasteiger partial charge in [-0.15, -0.1) is 11.8 Å². The van der Waals surface area contributed by atoms with Gasteiger partial charge in [-0.05, 0) is 11.5 Å². The Morgan fingerprint density at radius 1 is 1.38 bits per heavy atom. The van der Waals surface area contributed by atoms with Crippen LogP contribution in [0.5, 0.6) is 0 Å². The highest BCUT2D eigenvalue weighted by molar-refractivity contribution is 8.01. The number of sulfonamides is 1. The summed E-state index contributed by atoms with van der Waals surface area (Å²) in [6.07, 6.45) is 0. The fourth-order valence-corrected chi connectivity index (χ4v) is 6.30. The van der Waals surface area contributed by atoms with Crippen LogP contribution >= 0.6 is 11.8 Å². The van der Waals surface area contributed by atoms with E-state index in [9.17, 15) is 18.3 Å². The molecule has 1 N–H and O–H groups in total. The number of carboxylic acids is 1. The topological polar surface area (TPSA) is 74.7 Å². The van der Waals surface area contributed by atoms with Crippen LogP contribution < -0.4 is 0 Å². The van der Waals surface area contributed by atoms with Gasteiger partial charge in [0.1, 0.15) is 6.04 Å². The van der Waals surface area contributed by atoms with E-state index in [1.54, 1.807) is 24.3 Å². The Hall–Kier alpha value is -1.05. The number of aliphatic carboxylic acids is 1. The normalized spacial score (nSPS) is 23.6. The van der Waals surface area contributed by atoms with Gasteiger partial charge in [-0.25, -0.2) is 8.42 Å². The maximum Gasteiger partial charge on any atom is 0.322 e. The average molecular weight is 329 g/mol. The second-order valence-corrected chi connectivity index (χ2v) is 8.42. The van der Waals surface area contributed by atoms with Gasteiger partial charge >= 0.3 is 5.97 Å². The van der Waals surface area contributed by atoms with Gasteiger partial charge in [-0.3, -0.25) is 4.79 Å². The Kier molecular flexibility index (Phi) is 4.95. The highest BCUT2D eigenvalue weighted by Crippen LogP contribution is 2.37. The van der Waals surface area contributed by atoms with Crippen LogP contribution in [0.1, 0.15) is 19.4 Å². The maximum absolute atomic E-state index is 12.7. The lowest BCUT2D eigenvalue weighted by molar-refractivity contribution is -0.140. The average Bonchev–Trinajstić information content (AvgIpc) is 2.85. The van der Waals surface area contributed by atoms with E-state index in [2.05, 4.69) is 0 Å². The monoisotopic (exact) mass is 329 g/mol. The van der Waals surface area contributed by atoms with Gasteiger partial charge in [-0.2, -0.15) is 4.31 Å². The number of thioether (sulfide) groups is 1. The summed E-state index contributed by atoms with van der Waals surface area (Å²) in [5.41, 5.74) is 0.668. The number of carboxylic acid groups (broad SMARTS) is 1. The second kappa shape index (κ2) is 6.37. The number of hydrogen-bond acceptors (Lipinski definition) is 4. The van der Waals surface area contributed by atoms with E-state index in [1.807, 2.05) is 19.9 Å². The molecule has 0 bridgehead atoms. The van der Waals surface area contributed by atoms with Crippen molar-refractivity contribution >= 4 is 27.8 Å². The summed E-state index contributed by atoms with van der Waals surface area (Å²) in [7, 11) is -3.67. The van der Waals surface area contributed by atoms with Gasteiger partial charge in [0.05, 0.1) is 11.1 Å². The summed E-state index contributed by atoms with van der Waals surface area (Å²) in [5, 5.41) is 8.97. The Balaban J connectivity index is 2.31. The van der Waals surface area contributed by atoms with Gasteiger partial charge in [-0.1, -0.05) is 44.2 Å². The van der Waals surface area contributed by atoms with Crippen molar-refractivity contribution in [1.82, 2.24) is 4.31 Å². The molecule has 1 aromatic carbocycles. The molecule has 1 heterocycles. The summed E-state index contributed by atoms with van der Waals surface area (Å²) < 4.78 is 26.6. The quantitative estimate of drug-likeness (QED) is 0.894. The zero-order valence-corrected chi connectivity index (χ0v) is 13.6. The highest BCUT2D eigenvalue weighted by atomic mass is 32.2. The summed E-state index contributed by atoms with van der Waals surface area (Å²) in [5.74, 6) is -0.889. The predicted molar refractivity (Wildman–Crippen MR) is 83.4 cm³/mol. The van der Waals surface area contributed by atoms with E-state index in [4.69, 9.17) is 0 Å². The zero-order valence-electron chi connectivity index (χ0n) is 12.0. The first-order valence-corrected chi connectivity index (χ1v) is 9.38. The molecule has 0 amide bonds. The third-order valence-electron chi connectivity index (χ3n) is 3.35. The van der Waals surface area contributed by atoms with Crippen molar-refractivity contribution in [1.29, 1.82) is 0 Å². The van der Waals surface area contributed by atoms with Crippen LogP contribution in [0.3, 0.4) is 0 Å². The first kappa shape index (κ1) is 16.3. The van der Waals surface area contributed by atoms with Crippen molar-refractivity contribution in [2.24, 2.45) is 5.92 Å². The SMILES string of the molecule is CC(C)C1SCC(C(=O)O)N1S(=O)(=O)Cc1ccccc1. The third-order valence-corrected chi connectivity index (χ3v) is 6.93. The fraction of sp³-hybridized carbons (Fsp3) is 0.500. The molecule has 0 aromatic heterocycles. The van der Waals surface area contributed by atoms with Crippen molar-refractivity contribution < 1.29 is 18.3 Å². The summed E-state index contributed by atoms with van der Waals surface area (Å²) >= 11 is 1.40. The lowest BCUT2D eigenvalue weighted by atomic mass is 10.2. The van der Waals surface area contributed by atoms with E-state index in [0.717, 1.165) is 0 Å². The number of benzene rings is 1. The van der Waals surface area contributed by atoms with E-state index in [-0.39, 0.29) is 17.0 Å². The van der Waals surface area contributed by atoms with E-state index < -0.39 is 22.0 Å². The molecule has 1 aliphatic rings. The molecule has 5 nitrogen and oxygen atoms in total. The van der Waals surface area contributed by atoms with Crippen LogP contribution in [0.2, 0.25) is 0 Å². The predicted octanol–water partition coefficient (Wildman–Crippen LogP) is 2.00. The standard InChI is InChI=1S/C14H19NO4S2/c1-10(2)13-15(12(8-20-13)14(16)17)21(18,19)9-11-6-4-3-5-7-11/h3-7,10,12-13H,8-9H2,1-2H3,(H,16,17). The molecule has 1 saturated heterocycles. The molecule has 116 valence electrons. The molecule has 0 spiro atoms. The Bertz CT molecular complexity index is 601. The van der Waals surface area contributed by atoms with Gasteiger partial charge in [0, 0.05) is 5.75 Å². The molecular weight excluding hydrogens is 310 g/mol. The van der Waals surface area contributed by atoms with Gasteiger partial charge < -0.3 is 5.11 Å². The van der Waals surface area contributed by atoms with Gasteiger partial charge in [0.15, 0.2) is 0 Å². The molecule has 0 radical (unpaired) electrons. The highest BCUT2D eigenvalue weighted by Gasteiger charge is 2.46. The number of rotatable bonds is 5. The van der Waals surface area contributed by atoms with Crippen molar-refractivity contribution in [2.45, 2.75) is 31.0 Å². The number of nitrogens with zero attached hydrogens (tertiary/aromatic N) is 1. The molecule has 2 atom stereocenters. The van der Waals surface area contributed by atoms with Crippen LogP contribution in [0.15, 0.2) is 30.3 Å². The van der Waals surface area contributed by atoms with Crippen LogP contribution in [0.4, 0.5) is 0 Å². The number of carbonyl (C=O) groups is 1. The molecule has 2 unspecified atom stereocenters. The summed E-state index contributed by atoms with van der Waals surface area (Å²) in [6, 6.07) is 7.87. The molecule has 0 saturated carbocycles.